The van der Waals surface area contributed by atoms with E-state index in [2.05, 4.69) is 50.2 Å². The van der Waals surface area contributed by atoms with Gasteiger partial charge in [0.2, 0.25) is 0 Å². The number of benzene rings is 1. The molecule has 1 aromatic carbocycles. The minimum atomic E-state index is 0.253. The molecule has 1 aromatic heterocycles. The third-order valence-corrected chi connectivity index (χ3v) is 4.19. The number of hydrogen-bond donors (Lipinski definition) is 1. The SMILES string of the molecule is CCNC(C)c1ccc(-n2nc(C)c(C)c2C)cc1Cl. The molecular weight excluding hydrogens is 270 g/mol. The molecule has 1 N–H and O–H groups in total. The summed E-state index contributed by atoms with van der Waals surface area (Å²) in [5.74, 6) is 0. The van der Waals surface area contributed by atoms with Crippen LogP contribution >= 0.6 is 11.6 Å². The Hall–Kier alpha value is -1.32. The molecule has 0 amide bonds. The summed E-state index contributed by atoms with van der Waals surface area (Å²) in [6.45, 7) is 11.4. The van der Waals surface area contributed by atoms with Crippen molar-refractivity contribution in [1.82, 2.24) is 15.1 Å². The molecule has 0 bridgehead atoms. The van der Waals surface area contributed by atoms with Crippen molar-refractivity contribution in [2.75, 3.05) is 6.54 Å². The van der Waals surface area contributed by atoms with Gasteiger partial charge in [-0.05, 0) is 57.5 Å². The second-order valence-electron chi connectivity index (χ2n) is 5.19. The lowest BCUT2D eigenvalue weighted by Gasteiger charge is -2.15. The van der Waals surface area contributed by atoms with E-state index in [1.165, 1.54) is 5.56 Å². The number of aryl methyl sites for hydroxylation is 1. The lowest BCUT2D eigenvalue weighted by molar-refractivity contribution is 0.598. The highest BCUT2D eigenvalue weighted by atomic mass is 35.5. The van der Waals surface area contributed by atoms with Crippen LogP contribution in [0.2, 0.25) is 5.02 Å². The first-order valence-corrected chi connectivity index (χ1v) is 7.39. The first-order valence-electron chi connectivity index (χ1n) is 7.01. The van der Waals surface area contributed by atoms with Gasteiger partial charge in [0.05, 0.1) is 11.4 Å². The van der Waals surface area contributed by atoms with Crippen LogP contribution in [0.5, 0.6) is 0 Å². The van der Waals surface area contributed by atoms with Gasteiger partial charge in [0.1, 0.15) is 0 Å². The quantitative estimate of drug-likeness (QED) is 0.918. The van der Waals surface area contributed by atoms with Gasteiger partial charge in [-0.2, -0.15) is 5.10 Å². The van der Waals surface area contributed by atoms with E-state index in [1.807, 2.05) is 17.7 Å². The molecule has 4 heteroatoms. The molecule has 0 aliphatic rings. The van der Waals surface area contributed by atoms with Gasteiger partial charge < -0.3 is 5.32 Å². The van der Waals surface area contributed by atoms with Crippen LogP contribution in [0.15, 0.2) is 18.2 Å². The van der Waals surface area contributed by atoms with Crippen LogP contribution in [0.25, 0.3) is 5.69 Å². The second-order valence-corrected chi connectivity index (χ2v) is 5.60. The highest BCUT2D eigenvalue weighted by molar-refractivity contribution is 6.31. The summed E-state index contributed by atoms with van der Waals surface area (Å²) >= 11 is 6.43. The highest BCUT2D eigenvalue weighted by Crippen LogP contribution is 2.26. The molecule has 2 aromatic rings. The van der Waals surface area contributed by atoms with E-state index in [0.29, 0.717) is 0 Å². The molecule has 0 spiro atoms. The molecule has 0 aliphatic carbocycles. The highest BCUT2D eigenvalue weighted by Gasteiger charge is 2.13. The fourth-order valence-electron chi connectivity index (χ4n) is 2.39. The van der Waals surface area contributed by atoms with Gasteiger partial charge in [-0.25, -0.2) is 4.68 Å². The van der Waals surface area contributed by atoms with E-state index in [4.69, 9.17) is 11.6 Å². The van der Waals surface area contributed by atoms with Gasteiger partial charge in [0.25, 0.3) is 0 Å². The number of aromatic nitrogens is 2. The topological polar surface area (TPSA) is 29.9 Å². The zero-order valence-electron chi connectivity index (χ0n) is 12.8. The second kappa shape index (κ2) is 5.98. The summed E-state index contributed by atoms with van der Waals surface area (Å²) in [7, 11) is 0. The summed E-state index contributed by atoms with van der Waals surface area (Å²) in [5, 5.41) is 8.73. The predicted octanol–water partition coefficient (Wildman–Crippen LogP) is 4.12. The normalized spacial score (nSPS) is 12.7. The van der Waals surface area contributed by atoms with Gasteiger partial charge in [0.15, 0.2) is 0 Å². The Morgan fingerprint density at radius 1 is 1.30 bits per heavy atom. The average molecular weight is 292 g/mol. The standard InChI is InChI=1S/C16H22ClN3/c1-6-18-12(4)15-8-7-14(9-16(15)17)20-13(5)10(2)11(3)19-20/h7-9,12,18H,6H2,1-5H3. The Labute approximate surface area is 126 Å². The zero-order valence-corrected chi connectivity index (χ0v) is 13.5. The van der Waals surface area contributed by atoms with E-state index in [0.717, 1.165) is 34.2 Å². The van der Waals surface area contributed by atoms with Crippen molar-refractivity contribution in [2.24, 2.45) is 0 Å². The van der Waals surface area contributed by atoms with E-state index in [1.54, 1.807) is 0 Å². The summed E-state index contributed by atoms with van der Waals surface area (Å²) in [4.78, 5) is 0. The van der Waals surface area contributed by atoms with E-state index >= 15 is 0 Å². The number of nitrogens with zero attached hydrogens (tertiary/aromatic N) is 2. The fraction of sp³-hybridized carbons (Fsp3) is 0.438. The van der Waals surface area contributed by atoms with Crippen molar-refractivity contribution < 1.29 is 0 Å². The largest absolute Gasteiger partial charge is 0.310 e. The molecule has 0 saturated carbocycles. The van der Waals surface area contributed by atoms with Gasteiger partial charge in [-0.3, -0.25) is 0 Å². The number of rotatable bonds is 4. The third-order valence-electron chi connectivity index (χ3n) is 3.86. The molecule has 0 saturated heterocycles. The van der Waals surface area contributed by atoms with Crippen LogP contribution in [-0.4, -0.2) is 16.3 Å². The van der Waals surface area contributed by atoms with Crippen molar-refractivity contribution in [3.05, 3.63) is 45.7 Å². The Bertz CT molecular complexity index is 616. The molecule has 1 heterocycles. The molecular formula is C16H22ClN3. The van der Waals surface area contributed by atoms with Crippen LogP contribution in [0.4, 0.5) is 0 Å². The number of hydrogen-bond acceptors (Lipinski definition) is 2. The Kier molecular flexibility index (Phi) is 4.51. The average Bonchev–Trinajstić information content (AvgIpc) is 2.66. The Morgan fingerprint density at radius 2 is 2.00 bits per heavy atom. The van der Waals surface area contributed by atoms with Gasteiger partial charge in [0, 0.05) is 16.8 Å². The van der Waals surface area contributed by atoms with E-state index < -0.39 is 0 Å². The van der Waals surface area contributed by atoms with Crippen LogP contribution < -0.4 is 5.32 Å². The van der Waals surface area contributed by atoms with Crippen LogP contribution in [0, 0.1) is 20.8 Å². The van der Waals surface area contributed by atoms with Crippen molar-refractivity contribution in [3.63, 3.8) is 0 Å². The monoisotopic (exact) mass is 291 g/mol. The molecule has 1 atom stereocenters. The van der Waals surface area contributed by atoms with Crippen molar-refractivity contribution in [2.45, 2.75) is 40.7 Å². The van der Waals surface area contributed by atoms with E-state index in [-0.39, 0.29) is 6.04 Å². The summed E-state index contributed by atoms with van der Waals surface area (Å²) in [5.41, 5.74) is 5.58. The lowest BCUT2D eigenvalue weighted by atomic mass is 10.1. The molecule has 0 aliphatic heterocycles. The Morgan fingerprint density at radius 3 is 2.50 bits per heavy atom. The zero-order chi connectivity index (χ0) is 14.9. The van der Waals surface area contributed by atoms with Crippen molar-refractivity contribution in [3.8, 4) is 5.69 Å². The fourth-order valence-corrected chi connectivity index (χ4v) is 2.73. The molecule has 3 nitrogen and oxygen atoms in total. The summed E-state index contributed by atoms with van der Waals surface area (Å²) in [6.07, 6.45) is 0. The number of halogens is 1. The van der Waals surface area contributed by atoms with Crippen LogP contribution in [0.3, 0.4) is 0 Å². The molecule has 1 unspecified atom stereocenters. The lowest BCUT2D eigenvalue weighted by Crippen LogP contribution is -2.18. The summed E-state index contributed by atoms with van der Waals surface area (Å²) < 4.78 is 1.96. The minimum Gasteiger partial charge on any atom is -0.310 e. The first kappa shape index (κ1) is 15.1. The van der Waals surface area contributed by atoms with Crippen LogP contribution in [0.1, 0.15) is 42.4 Å². The molecule has 0 radical (unpaired) electrons. The molecule has 108 valence electrons. The number of nitrogens with one attached hydrogen (secondary N) is 1. The smallest absolute Gasteiger partial charge is 0.0663 e. The van der Waals surface area contributed by atoms with Crippen LogP contribution in [-0.2, 0) is 0 Å². The maximum atomic E-state index is 6.43. The minimum absolute atomic E-state index is 0.253. The maximum absolute atomic E-state index is 6.43. The molecule has 20 heavy (non-hydrogen) atoms. The van der Waals surface area contributed by atoms with Crippen molar-refractivity contribution >= 4 is 11.6 Å². The molecule has 2 rings (SSSR count). The third kappa shape index (κ3) is 2.74. The molecule has 0 fully saturated rings. The summed E-state index contributed by atoms with van der Waals surface area (Å²) in [6, 6.07) is 6.40. The Balaban J connectivity index is 2.40. The predicted molar refractivity (Wildman–Crippen MR) is 84.9 cm³/mol. The van der Waals surface area contributed by atoms with Gasteiger partial charge >= 0.3 is 0 Å². The first-order chi connectivity index (χ1) is 9.45. The van der Waals surface area contributed by atoms with E-state index in [9.17, 15) is 0 Å². The van der Waals surface area contributed by atoms with Gasteiger partial charge in [-0.15, -0.1) is 0 Å². The van der Waals surface area contributed by atoms with Crippen molar-refractivity contribution in [1.29, 1.82) is 0 Å². The maximum Gasteiger partial charge on any atom is 0.0663 e. The van der Waals surface area contributed by atoms with Gasteiger partial charge in [-0.1, -0.05) is 24.6 Å².